The van der Waals surface area contributed by atoms with Crippen molar-refractivity contribution in [3.63, 3.8) is 0 Å². The number of benzene rings is 1. The Balaban J connectivity index is 2.17. The number of carbonyl (C=O) groups is 1. The van der Waals surface area contributed by atoms with E-state index in [9.17, 15) is 15.0 Å². The van der Waals surface area contributed by atoms with Crippen molar-refractivity contribution in [1.29, 1.82) is 0 Å². The van der Waals surface area contributed by atoms with E-state index in [0.29, 0.717) is 37.1 Å². The maximum atomic E-state index is 12.2. The molecule has 0 bridgehead atoms. The summed E-state index contributed by atoms with van der Waals surface area (Å²) in [6.07, 6.45) is 0.969. The van der Waals surface area contributed by atoms with Crippen LogP contribution >= 0.6 is 0 Å². The zero-order chi connectivity index (χ0) is 12.4. The van der Waals surface area contributed by atoms with E-state index >= 15 is 0 Å². The third-order valence-corrected chi connectivity index (χ3v) is 3.29. The van der Waals surface area contributed by atoms with Crippen LogP contribution in [0.3, 0.4) is 0 Å². The first-order valence-corrected chi connectivity index (χ1v) is 5.85. The van der Waals surface area contributed by atoms with E-state index in [4.69, 9.17) is 0 Å². The number of phenols is 1. The Kier molecular flexibility index (Phi) is 3.33. The Morgan fingerprint density at radius 1 is 1.35 bits per heavy atom. The summed E-state index contributed by atoms with van der Waals surface area (Å²) >= 11 is 0. The standard InChI is InChI=1S/C13H17NO3/c1-9-11(3-2-4-12(9)16)13(17)14-7-5-10(15)6-8-14/h2-4,10,15-16H,5-8H2,1H3. The summed E-state index contributed by atoms with van der Waals surface area (Å²) < 4.78 is 0. The van der Waals surface area contributed by atoms with Gasteiger partial charge in [0, 0.05) is 24.2 Å². The van der Waals surface area contributed by atoms with Crippen LogP contribution < -0.4 is 0 Å². The average molecular weight is 235 g/mol. The van der Waals surface area contributed by atoms with Gasteiger partial charge in [-0.05, 0) is 31.9 Å². The third-order valence-electron chi connectivity index (χ3n) is 3.29. The fourth-order valence-electron chi connectivity index (χ4n) is 2.09. The molecule has 1 aromatic carbocycles. The molecule has 0 aromatic heterocycles. The fraction of sp³-hybridized carbons (Fsp3) is 0.462. The first-order chi connectivity index (χ1) is 8.09. The molecule has 2 N–H and O–H groups in total. The van der Waals surface area contributed by atoms with Crippen LogP contribution in [0.15, 0.2) is 18.2 Å². The van der Waals surface area contributed by atoms with Crippen molar-refractivity contribution in [2.75, 3.05) is 13.1 Å². The van der Waals surface area contributed by atoms with Gasteiger partial charge in [0.25, 0.3) is 5.91 Å². The molecular weight excluding hydrogens is 218 g/mol. The van der Waals surface area contributed by atoms with E-state index in [0.717, 1.165) is 0 Å². The fourth-order valence-corrected chi connectivity index (χ4v) is 2.09. The third kappa shape index (κ3) is 2.42. The Morgan fingerprint density at radius 2 is 2.00 bits per heavy atom. The zero-order valence-corrected chi connectivity index (χ0v) is 9.89. The largest absolute Gasteiger partial charge is 0.508 e. The molecule has 0 atom stereocenters. The van der Waals surface area contributed by atoms with Crippen LogP contribution in [0.5, 0.6) is 5.75 Å². The molecule has 1 heterocycles. The first kappa shape index (κ1) is 11.9. The van der Waals surface area contributed by atoms with Crippen LogP contribution in [0.4, 0.5) is 0 Å². The molecule has 1 aromatic rings. The normalized spacial score (nSPS) is 17.2. The second kappa shape index (κ2) is 4.75. The molecule has 0 radical (unpaired) electrons. The zero-order valence-electron chi connectivity index (χ0n) is 9.89. The van der Waals surface area contributed by atoms with Gasteiger partial charge in [-0.25, -0.2) is 0 Å². The molecule has 92 valence electrons. The SMILES string of the molecule is Cc1c(O)cccc1C(=O)N1CCC(O)CC1. The van der Waals surface area contributed by atoms with Crippen LogP contribution in [0.1, 0.15) is 28.8 Å². The predicted octanol–water partition coefficient (Wildman–Crippen LogP) is 1.30. The molecule has 1 fully saturated rings. The summed E-state index contributed by atoms with van der Waals surface area (Å²) in [5.74, 6) is 0.0817. The van der Waals surface area contributed by atoms with Crippen LogP contribution in [0, 0.1) is 6.92 Å². The highest BCUT2D eigenvalue weighted by Gasteiger charge is 2.23. The van der Waals surface area contributed by atoms with Crippen LogP contribution in [0.2, 0.25) is 0 Å². The molecule has 1 saturated heterocycles. The molecule has 4 nitrogen and oxygen atoms in total. The molecule has 2 rings (SSSR count). The van der Waals surface area contributed by atoms with Crippen molar-refractivity contribution >= 4 is 5.91 Å². The molecule has 1 amide bonds. The lowest BCUT2D eigenvalue weighted by molar-refractivity contribution is 0.0545. The predicted molar refractivity (Wildman–Crippen MR) is 64.0 cm³/mol. The molecule has 0 unspecified atom stereocenters. The highest BCUT2D eigenvalue weighted by Crippen LogP contribution is 2.22. The lowest BCUT2D eigenvalue weighted by Gasteiger charge is -2.30. The number of phenolic OH excluding ortho intramolecular Hbond substituents is 1. The number of carbonyl (C=O) groups excluding carboxylic acids is 1. The van der Waals surface area contributed by atoms with Crippen molar-refractivity contribution in [2.45, 2.75) is 25.9 Å². The number of hydrogen-bond donors (Lipinski definition) is 2. The molecule has 1 aliphatic heterocycles. The number of likely N-dealkylation sites (tertiary alicyclic amines) is 1. The molecule has 1 aliphatic rings. The van der Waals surface area contributed by atoms with Gasteiger partial charge in [-0.15, -0.1) is 0 Å². The minimum atomic E-state index is -0.288. The summed E-state index contributed by atoms with van der Waals surface area (Å²) in [5.41, 5.74) is 1.16. The van der Waals surface area contributed by atoms with Gasteiger partial charge in [0.15, 0.2) is 0 Å². The highest BCUT2D eigenvalue weighted by atomic mass is 16.3. The van der Waals surface area contributed by atoms with Gasteiger partial charge in [0.2, 0.25) is 0 Å². The van der Waals surface area contributed by atoms with Crippen LogP contribution in [-0.4, -0.2) is 40.2 Å². The van der Waals surface area contributed by atoms with Crippen molar-refractivity contribution in [3.8, 4) is 5.75 Å². The number of nitrogens with zero attached hydrogens (tertiary/aromatic N) is 1. The van der Waals surface area contributed by atoms with Crippen molar-refractivity contribution in [1.82, 2.24) is 4.90 Å². The quantitative estimate of drug-likeness (QED) is 0.771. The Hall–Kier alpha value is -1.55. The average Bonchev–Trinajstić information content (AvgIpc) is 2.33. The maximum Gasteiger partial charge on any atom is 0.254 e. The number of aliphatic hydroxyl groups is 1. The number of aromatic hydroxyl groups is 1. The van der Waals surface area contributed by atoms with Crippen molar-refractivity contribution in [2.24, 2.45) is 0 Å². The highest BCUT2D eigenvalue weighted by molar-refractivity contribution is 5.96. The first-order valence-electron chi connectivity index (χ1n) is 5.85. The van der Waals surface area contributed by atoms with Crippen molar-refractivity contribution < 1.29 is 15.0 Å². The monoisotopic (exact) mass is 235 g/mol. The maximum absolute atomic E-state index is 12.2. The van der Waals surface area contributed by atoms with E-state index in [2.05, 4.69) is 0 Å². The number of piperidine rings is 1. The van der Waals surface area contributed by atoms with E-state index < -0.39 is 0 Å². The Morgan fingerprint density at radius 3 is 2.65 bits per heavy atom. The molecule has 0 saturated carbocycles. The lowest BCUT2D eigenvalue weighted by atomic mass is 10.0. The molecule has 0 aliphatic carbocycles. The van der Waals surface area contributed by atoms with Gasteiger partial charge in [-0.3, -0.25) is 4.79 Å². The summed E-state index contributed by atoms with van der Waals surface area (Å²) in [6, 6.07) is 4.98. The number of aliphatic hydroxyl groups excluding tert-OH is 1. The molecular formula is C13H17NO3. The Labute approximate surface area is 100 Å². The topological polar surface area (TPSA) is 60.8 Å². The second-order valence-corrected chi connectivity index (χ2v) is 4.47. The van der Waals surface area contributed by atoms with Gasteiger partial charge in [-0.1, -0.05) is 6.07 Å². The van der Waals surface area contributed by atoms with E-state index in [1.165, 1.54) is 0 Å². The van der Waals surface area contributed by atoms with Crippen LogP contribution in [0.25, 0.3) is 0 Å². The van der Waals surface area contributed by atoms with E-state index in [1.807, 2.05) is 0 Å². The van der Waals surface area contributed by atoms with Crippen LogP contribution in [-0.2, 0) is 0 Å². The van der Waals surface area contributed by atoms with E-state index in [-0.39, 0.29) is 17.8 Å². The van der Waals surface area contributed by atoms with Gasteiger partial charge < -0.3 is 15.1 Å². The lowest BCUT2D eigenvalue weighted by Crippen LogP contribution is -2.40. The summed E-state index contributed by atoms with van der Waals surface area (Å²) in [4.78, 5) is 13.9. The number of rotatable bonds is 1. The molecule has 17 heavy (non-hydrogen) atoms. The van der Waals surface area contributed by atoms with E-state index in [1.54, 1.807) is 30.0 Å². The smallest absolute Gasteiger partial charge is 0.254 e. The second-order valence-electron chi connectivity index (χ2n) is 4.47. The van der Waals surface area contributed by atoms with Gasteiger partial charge >= 0.3 is 0 Å². The summed E-state index contributed by atoms with van der Waals surface area (Å²) in [6.45, 7) is 2.89. The molecule has 0 spiro atoms. The van der Waals surface area contributed by atoms with Crippen molar-refractivity contribution in [3.05, 3.63) is 29.3 Å². The van der Waals surface area contributed by atoms with Gasteiger partial charge in [0.05, 0.1) is 6.10 Å². The number of hydrogen-bond acceptors (Lipinski definition) is 3. The van der Waals surface area contributed by atoms with Gasteiger partial charge in [-0.2, -0.15) is 0 Å². The minimum Gasteiger partial charge on any atom is -0.508 e. The minimum absolute atomic E-state index is 0.0645. The number of amides is 1. The van der Waals surface area contributed by atoms with Gasteiger partial charge in [0.1, 0.15) is 5.75 Å². The Bertz CT molecular complexity index is 423. The summed E-state index contributed by atoms with van der Waals surface area (Å²) in [7, 11) is 0. The summed E-state index contributed by atoms with van der Waals surface area (Å²) in [5, 5.41) is 19.0. The molecule has 4 heteroatoms.